The molecule has 0 aliphatic rings. The van der Waals surface area contributed by atoms with Crippen LogP contribution < -0.4 is 10.6 Å². The van der Waals surface area contributed by atoms with Gasteiger partial charge in [-0.05, 0) is 23.8 Å². The van der Waals surface area contributed by atoms with Crippen molar-refractivity contribution < 1.29 is 9.60 Å². The van der Waals surface area contributed by atoms with Gasteiger partial charge in [0.15, 0.2) is 5.84 Å². The molecule has 1 aromatic heterocycles. The maximum atomic E-state index is 12.9. The van der Waals surface area contributed by atoms with Crippen molar-refractivity contribution in [3.05, 3.63) is 58.5 Å². The van der Waals surface area contributed by atoms with Gasteiger partial charge in [-0.2, -0.15) is 0 Å². The summed E-state index contributed by atoms with van der Waals surface area (Å²) >= 11 is 6.23. The molecule has 0 saturated carbocycles. The van der Waals surface area contributed by atoms with E-state index in [0.717, 1.165) is 5.56 Å². The summed E-state index contributed by atoms with van der Waals surface area (Å²) in [6.45, 7) is 0.493. The molecule has 0 aliphatic carbocycles. The minimum atomic E-state index is -0.286. The number of anilines is 1. The minimum absolute atomic E-state index is 0.0844. The lowest BCUT2D eigenvalue weighted by Gasteiger charge is -2.20. The van der Waals surface area contributed by atoms with E-state index < -0.39 is 0 Å². The van der Waals surface area contributed by atoms with Crippen LogP contribution in [0.15, 0.2) is 41.7 Å². The third kappa shape index (κ3) is 3.41. The lowest BCUT2D eigenvalue weighted by Crippen LogP contribution is -2.20. The number of benzene rings is 1. The van der Waals surface area contributed by atoms with E-state index in [1.165, 1.54) is 18.3 Å². The fourth-order valence-corrected chi connectivity index (χ4v) is 2.24. The molecular formula is C14H14ClFN4O. The van der Waals surface area contributed by atoms with E-state index in [2.05, 4.69) is 10.1 Å². The van der Waals surface area contributed by atoms with E-state index in [1.807, 2.05) is 0 Å². The Morgan fingerprint density at radius 3 is 2.67 bits per heavy atom. The molecule has 0 unspecified atom stereocenters. The van der Waals surface area contributed by atoms with Gasteiger partial charge in [-0.1, -0.05) is 28.9 Å². The van der Waals surface area contributed by atoms with Crippen LogP contribution in [0.4, 0.5) is 10.2 Å². The van der Waals surface area contributed by atoms with Crippen LogP contribution in [-0.4, -0.2) is 23.1 Å². The van der Waals surface area contributed by atoms with Crippen LogP contribution >= 0.6 is 11.6 Å². The van der Waals surface area contributed by atoms with Crippen LogP contribution in [0.5, 0.6) is 0 Å². The Kier molecular flexibility index (Phi) is 4.59. The van der Waals surface area contributed by atoms with Crippen molar-refractivity contribution in [3.63, 3.8) is 0 Å². The Bertz CT molecular complexity index is 661. The van der Waals surface area contributed by atoms with Gasteiger partial charge in [0.25, 0.3) is 0 Å². The van der Waals surface area contributed by atoms with Crippen LogP contribution in [0.25, 0.3) is 0 Å². The number of halogens is 2. The smallest absolute Gasteiger partial charge is 0.171 e. The zero-order chi connectivity index (χ0) is 15.4. The SMILES string of the molecule is CN(Cc1ccc(F)cc1)c1nccc(/C(N)=N/O)c1Cl. The molecule has 0 fully saturated rings. The highest BCUT2D eigenvalue weighted by atomic mass is 35.5. The third-order valence-corrected chi connectivity index (χ3v) is 3.32. The predicted molar refractivity (Wildman–Crippen MR) is 80.3 cm³/mol. The first-order chi connectivity index (χ1) is 10.0. The van der Waals surface area contributed by atoms with Crippen molar-refractivity contribution >= 4 is 23.3 Å². The Labute approximate surface area is 126 Å². The zero-order valence-corrected chi connectivity index (χ0v) is 12.0. The largest absolute Gasteiger partial charge is 0.409 e. The number of pyridine rings is 1. The molecule has 0 aliphatic heterocycles. The Balaban J connectivity index is 2.27. The number of aromatic nitrogens is 1. The second-order valence-electron chi connectivity index (χ2n) is 4.46. The van der Waals surface area contributed by atoms with E-state index in [1.54, 1.807) is 30.1 Å². The van der Waals surface area contributed by atoms with E-state index in [4.69, 9.17) is 22.5 Å². The van der Waals surface area contributed by atoms with Crippen molar-refractivity contribution in [3.8, 4) is 0 Å². The average Bonchev–Trinajstić information content (AvgIpc) is 2.49. The highest BCUT2D eigenvalue weighted by Crippen LogP contribution is 2.27. The number of amidine groups is 1. The predicted octanol–water partition coefficient (Wildman–Crippen LogP) is 2.60. The van der Waals surface area contributed by atoms with Crippen molar-refractivity contribution in [1.82, 2.24) is 4.98 Å². The summed E-state index contributed by atoms with van der Waals surface area (Å²) in [5.74, 6) is 0.121. The summed E-state index contributed by atoms with van der Waals surface area (Å²) < 4.78 is 12.9. The molecule has 0 saturated heterocycles. The van der Waals surface area contributed by atoms with Gasteiger partial charge in [-0.15, -0.1) is 0 Å². The van der Waals surface area contributed by atoms with Crippen LogP contribution in [0.2, 0.25) is 5.02 Å². The molecule has 0 spiro atoms. The van der Waals surface area contributed by atoms with Gasteiger partial charge in [-0.25, -0.2) is 9.37 Å². The van der Waals surface area contributed by atoms with Crippen molar-refractivity contribution in [1.29, 1.82) is 0 Å². The summed E-state index contributed by atoms with van der Waals surface area (Å²) in [4.78, 5) is 5.99. The van der Waals surface area contributed by atoms with Gasteiger partial charge >= 0.3 is 0 Å². The highest BCUT2D eigenvalue weighted by molar-refractivity contribution is 6.36. The number of oxime groups is 1. The fraction of sp³-hybridized carbons (Fsp3) is 0.143. The third-order valence-electron chi connectivity index (χ3n) is 2.95. The first kappa shape index (κ1) is 15.1. The molecule has 0 bridgehead atoms. The normalized spacial score (nSPS) is 11.5. The van der Waals surface area contributed by atoms with Crippen LogP contribution in [0, 0.1) is 5.82 Å². The molecule has 3 N–H and O–H groups in total. The maximum Gasteiger partial charge on any atom is 0.171 e. The standard InChI is InChI=1S/C14H14ClFN4O/c1-20(8-9-2-4-10(16)5-3-9)14-12(15)11(6-7-18-14)13(17)19-21/h2-7,21H,8H2,1H3,(H2,17,19). The topological polar surface area (TPSA) is 74.7 Å². The first-order valence-electron chi connectivity index (χ1n) is 6.11. The summed E-state index contributed by atoms with van der Waals surface area (Å²) in [5, 5.41) is 12.0. The molecule has 7 heteroatoms. The van der Waals surface area contributed by atoms with Crippen LogP contribution in [0.3, 0.4) is 0 Å². The molecule has 0 amide bonds. The van der Waals surface area contributed by atoms with Crippen molar-refractivity contribution in [2.45, 2.75) is 6.54 Å². The van der Waals surface area contributed by atoms with Gasteiger partial charge in [0.2, 0.25) is 0 Å². The number of hydrogen-bond donors (Lipinski definition) is 2. The number of hydrogen-bond acceptors (Lipinski definition) is 4. The number of rotatable bonds is 4. The van der Waals surface area contributed by atoms with Gasteiger partial charge in [-0.3, -0.25) is 0 Å². The molecular weight excluding hydrogens is 295 g/mol. The monoisotopic (exact) mass is 308 g/mol. The fourth-order valence-electron chi connectivity index (χ4n) is 1.89. The Morgan fingerprint density at radius 2 is 2.05 bits per heavy atom. The first-order valence-corrected chi connectivity index (χ1v) is 6.48. The van der Waals surface area contributed by atoms with Gasteiger partial charge in [0.05, 0.1) is 5.02 Å². The lowest BCUT2D eigenvalue weighted by molar-refractivity contribution is 0.318. The van der Waals surface area contributed by atoms with E-state index >= 15 is 0 Å². The van der Waals surface area contributed by atoms with E-state index in [9.17, 15) is 4.39 Å². The Hall–Kier alpha value is -2.34. The second-order valence-corrected chi connectivity index (χ2v) is 4.84. The number of nitrogens with zero attached hydrogens (tertiary/aromatic N) is 3. The highest BCUT2D eigenvalue weighted by Gasteiger charge is 2.14. The molecule has 2 aromatic rings. The zero-order valence-electron chi connectivity index (χ0n) is 11.3. The number of nitrogens with two attached hydrogens (primary N) is 1. The maximum absolute atomic E-state index is 12.9. The van der Waals surface area contributed by atoms with E-state index in [-0.39, 0.29) is 16.7 Å². The quantitative estimate of drug-likeness (QED) is 0.394. The van der Waals surface area contributed by atoms with E-state index in [0.29, 0.717) is 17.9 Å². The lowest BCUT2D eigenvalue weighted by atomic mass is 10.2. The van der Waals surface area contributed by atoms with Crippen LogP contribution in [-0.2, 0) is 6.54 Å². The molecule has 0 radical (unpaired) electrons. The summed E-state index contributed by atoms with van der Waals surface area (Å²) in [6.07, 6.45) is 1.52. The van der Waals surface area contributed by atoms with Crippen molar-refractivity contribution in [2.75, 3.05) is 11.9 Å². The molecule has 1 aromatic carbocycles. The average molecular weight is 309 g/mol. The molecule has 0 atom stereocenters. The molecule has 110 valence electrons. The van der Waals surface area contributed by atoms with Crippen LogP contribution in [0.1, 0.15) is 11.1 Å². The summed E-state index contributed by atoms with van der Waals surface area (Å²) in [5.41, 5.74) is 6.87. The summed E-state index contributed by atoms with van der Waals surface area (Å²) in [6, 6.07) is 7.73. The Morgan fingerprint density at radius 1 is 1.38 bits per heavy atom. The van der Waals surface area contributed by atoms with Gasteiger partial charge in [0.1, 0.15) is 11.6 Å². The summed E-state index contributed by atoms with van der Waals surface area (Å²) in [7, 11) is 1.80. The van der Waals surface area contributed by atoms with Crippen molar-refractivity contribution in [2.24, 2.45) is 10.9 Å². The minimum Gasteiger partial charge on any atom is -0.409 e. The second kappa shape index (κ2) is 6.41. The van der Waals surface area contributed by atoms with Gasteiger partial charge in [0, 0.05) is 25.4 Å². The molecule has 1 heterocycles. The molecule has 5 nitrogen and oxygen atoms in total. The molecule has 2 rings (SSSR count). The molecule has 21 heavy (non-hydrogen) atoms. The van der Waals surface area contributed by atoms with Gasteiger partial charge < -0.3 is 15.8 Å².